The highest BCUT2D eigenvalue weighted by molar-refractivity contribution is 5.90. The average Bonchev–Trinajstić information content (AvgIpc) is 3.04. The predicted octanol–water partition coefficient (Wildman–Crippen LogP) is 3.69. The number of aliphatic carboxylic acids is 1. The topological polar surface area (TPSA) is 85.5 Å². The molecule has 1 aromatic heterocycles. The van der Waals surface area contributed by atoms with E-state index in [1.54, 1.807) is 12.2 Å². The number of nitrogens with zero attached hydrogens (tertiary/aromatic N) is 2. The molecule has 0 saturated heterocycles. The summed E-state index contributed by atoms with van der Waals surface area (Å²) in [5.41, 5.74) is 0.631. The number of hydrogen-bond donors (Lipinski definition) is 1. The second-order valence-electron chi connectivity index (χ2n) is 5.18. The second-order valence-corrected chi connectivity index (χ2v) is 5.18. The molecule has 1 aliphatic carbocycles. The number of allylic oxidation sites excluding steroid dienone is 2. The summed E-state index contributed by atoms with van der Waals surface area (Å²) in [5.74, 6) is -1.17. The third-order valence-electron chi connectivity index (χ3n) is 3.44. The van der Waals surface area contributed by atoms with Crippen molar-refractivity contribution >= 4 is 5.97 Å². The second kappa shape index (κ2) is 6.42. The molecule has 130 valence electrons. The Morgan fingerprint density at radius 1 is 1.24 bits per heavy atom. The monoisotopic (exact) mass is 352 g/mol. The molecule has 0 aliphatic heterocycles. The Hall–Kier alpha value is -3.10. The summed E-state index contributed by atoms with van der Waals surface area (Å²) in [6, 6.07) is 5.04. The van der Waals surface area contributed by atoms with Gasteiger partial charge in [-0.15, -0.1) is 23.4 Å². The van der Waals surface area contributed by atoms with Crippen molar-refractivity contribution in [1.82, 2.24) is 10.2 Å². The summed E-state index contributed by atoms with van der Waals surface area (Å²) < 4.78 is 45.7. The van der Waals surface area contributed by atoms with Gasteiger partial charge in [0.25, 0.3) is 0 Å². The average molecular weight is 352 g/mol. The van der Waals surface area contributed by atoms with E-state index in [2.05, 4.69) is 14.9 Å². The lowest BCUT2D eigenvalue weighted by Crippen LogP contribution is -2.16. The first-order valence-corrected chi connectivity index (χ1v) is 7.13. The van der Waals surface area contributed by atoms with Crippen LogP contribution >= 0.6 is 0 Å². The molecule has 0 radical (unpaired) electrons. The molecule has 1 N–H and O–H groups in total. The molecule has 9 heteroatoms. The minimum Gasteiger partial charge on any atom is -0.478 e. The molecule has 1 aromatic carbocycles. The maximum absolute atomic E-state index is 12.1. The summed E-state index contributed by atoms with van der Waals surface area (Å²) >= 11 is 0. The van der Waals surface area contributed by atoms with Crippen molar-refractivity contribution < 1.29 is 32.2 Å². The molecule has 1 heterocycles. The SMILES string of the molecule is O=C(O)C1=CCC(c2nnc(-c3ccc(OC(F)(F)F)cc3)o2)C=C1. The van der Waals surface area contributed by atoms with Crippen molar-refractivity contribution in [3.63, 3.8) is 0 Å². The van der Waals surface area contributed by atoms with Crippen LogP contribution in [0.2, 0.25) is 0 Å². The molecule has 0 fully saturated rings. The normalized spacial score (nSPS) is 17.2. The number of hydrogen-bond acceptors (Lipinski definition) is 5. The van der Waals surface area contributed by atoms with E-state index in [1.807, 2.05) is 0 Å². The quantitative estimate of drug-likeness (QED) is 0.903. The number of ether oxygens (including phenoxy) is 1. The van der Waals surface area contributed by atoms with Crippen molar-refractivity contribution in [2.45, 2.75) is 18.7 Å². The lowest BCUT2D eigenvalue weighted by Gasteiger charge is -2.10. The van der Waals surface area contributed by atoms with Gasteiger partial charge < -0.3 is 14.3 Å². The molecular weight excluding hydrogens is 341 g/mol. The van der Waals surface area contributed by atoms with Crippen LogP contribution in [0.25, 0.3) is 11.5 Å². The van der Waals surface area contributed by atoms with Crippen LogP contribution in [0, 0.1) is 0 Å². The summed E-state index contributed by atoms with van der Waals surface area (Å²) in [6.07, 6.45) is 0.317. The Kier molecular flexibility index (Phi) is 4.30. The van der Waals surface area contributed by atoms with Gasteiger partial charge in [-0.25, -0.2) is 4.79 Å². The Bertz CT molecular complexity index is 838. The van der Waals surface area contributed by atoms with Gasteiger partial charge in [-0.3, -0.25) is 0 Å². The largest absolute Gasteiger partial charge is 0.573 e. The molecule has 0 amide bonds. The molecule has 6 nitrogen and oxygen atoms in total. The zero-order chi connectivity index (χ0) is 18.0. The summed E-state index contributed by atoms with van der Waals surface area (Å²) in [7, 11) is 0. The smallest absolute Gasteiger partial charge is 0.478 e. The first-order valence-electron chi connectivity index (χ1n) is 7.13. The van der Waals surface area contributed by atoms with Crippen molar-refractivity contribution in [2.24, 2.45) is 0 Å². The minimum atomic E-state index is -4.76. The van der Waals surface area contributed by atoms with E-state index >= 15 is 0 Å². The molecule has 0 bridgehead atoms. The van der Waals surface area contributed by atoms with E-state index in [1.165, 1.54) is 18.2 Å². The van der Waals surface area contributed by atoms with Crippen molar-refractivity contribution in [3.8, 4) is 17.2 Å². The van der Waals surface area contributed by atoms with E-state index in [4.69, 9.17) is 9.52 Å². The van der Waals surface area contributed by atoms with Crippen molar-refractivity contribution in [2.75, 3.05) is 0 Å². The molecule has 0 saturated carbocycles. The molecular formula is C16H11F3N2O4. The highest BCUT2D eigenvalue weighted by Crippen LogP contribution is 2.30. The molecule has 0 spiro atoms. The van der Waals surface area contributed by atoms with Crippen LogP contribution in [0.5, 0.6) is 5.75 Å². The first kappa shape index (κ1) is 16.7. The van der Waals surface area contributed by atoms with E-state index in [0.717, 1.165) is 12.1 Å². The lowest BCUT2D eigenvalue weighted by atomic mass is 9.97. The highest BCUT2D eigenvalue weighted by Gasteiger charge is 2.31. The van der Waals surface area contributed by atoms with Gasteiger partial charge in [0.15, 0.2) is 0 Å². The van der Waals surface area contributed by atoms with E-state index in [-0.39, 0.29) is 23.1 Å². The van der Waals surface area contributed by atoms with Gasteiger partial charge in [-0.05, 0) is 30.7 Å². The van der Waals surface area contributed by atoms with Gasteiger partial charge in [-0.1, -0.05) is 18.2 Å². The summed E-state index contributed by atoms with van der Waals surface area (Å²) in [5, 5.41) is 16.7. The van der Waals surface area contributed by atoms with Gasteiger partial charge in [0.2, 0.25) is 11.8 Å². The van der Waals surface area contributed by atoms with Crippen LogP contribution in [-0.2, 0) is 4.79 Å². The highest BCUT2D eigenvalue weighted by atomic mass is 19.4. The fourth-order valence-electron chi connectivity index (χ4n) is 2.26. The standard InChI is InChI=1S/C16H11F3N2O4/c17-16(18,19)25-12-7-5-10(6-8-12)14-21-20-13(24-14)9-1-3-11(4-2-9)15(22)23/h1,3-9H,2H2,(H,22,23). The number of carboxylic acids is 1. The fraction of sp³-hybridized carbons (Fsp3) is 0.188. The Labute approximate surface area is 139 Å². The van der Waals surface area contributed by atoms with Gasteiger partial charge in [0.05, 0.1) is 11.5 Å². The number of rotatable bonds is 4. The van der Waals surface area contributed by atoms with E-state index in [9.17, 15) is 18.0 Å². The number of benzene rings is 1. The van der Waals surface area contributed by atoms with Crippen LogP contribution in [0.15, 0.2) is 52.5 Å². The predicted molar refractivity (Wildman–Crippen MR) is 78.6 cm³/mol. The molecule has 2 aromatic rings. The maximum Gasteiger partial charge on any atom is 0.573 e. The Morgan fingerprint density at radius 2 is 1.96 bits per heavy atom. The number of halogens is 3. The fourth-order valence-corrected chi connectivity index (χ4v) is 2.26. The van der Waals surface area contributed by atoms with Gasteiger partial charge in [0, 0.05) is 5.56 Å². The number of alkyl halides is 3. The van der Waals surface area contributed by atoms with Crippen molar-refractivity contribution in [1.29, 1.82) is 0 Å². The first-order chi connectivity index (χ1) is 11.8. The third kappa shape index (κ3) is 4.06. The van der Waals surface area contributed by atoms with Crippen LogP contribution in [0.1, 0.15) is 18.2 Å². The van der Waals surface area contributed by atoms with E-state index < -0.39 is 12.3 Å². The Balaban J connectivity index is 1.72. The summed E-state index contributed by atoms with van der Waals surface area (Å²) in [6.45, 7) is 0. The van der Waals surface area contributed by atoms with Crippen LogP contribution in [0.4, 0.5) is 13.2 Å². The number of aromatic nitrogens is 2. The lowest BCUT2D eigenvalue weighted by molar-refractivity contribution is -0.274. The van der Waals surface area contributed by atoms with E-state index in [0.29, 0.717) is 17.9 Å². The van der Waals surface area contributed by atoms with Crippen molar-refractivity contribution in [3.05, 3.63) is 54.0 Å². The van der Waals surface area contributed by atoms with Crippen LogP contribution in [0.3, 0.4) is 0 Å². The summed E-state index contributed by atoms with van der Waals surface area (Å²) in [4.78, 5) is 10.8. The maximum atomic E-state index is 12.1. The van der Waals surface area contributed by atoms with Crippen LogP contribution < -0.4 is 4.74 Å². The van der Waals surface area contributed by atoms with Crippen LogP contribution in [-0.4, -0.2) is 27.6 Å². The van der Waals surface area contributed by atoms with Gasteiger partial charge in [-0.2, -0.15) is 0 Å². The minimum absolute atomic E-state index is 0.148. The zero-order valence-corrected chi connectivity index (χ0v) is 12.5. The van der Waals surface area contributed by atoms with Gasteiger partial charge >= 0.3 is 12.3 Å². The molecule has 1 aliphatic rings. The molecule has 25 heavy (non-hydrogen) atoms. The Morgan fingerprint density at radius 3 is 2.52 bits per heavy atom. The molecule has 3 rings (SSSR count). The number of carboxylic acid groups (broad SMARTS) is 1. The molecule has 1 atom stereocenters. The number of carbonyl (C=O) groups is 1. The molecule has 1 unspecified atom stereocenters. The third-order valence-corrected chi connectivity index (χ3v) is 3.44. The van der Waals surface area contributed by atoms with Gasteiger partial charge in [0.1, 0.15) is 5.75 Å². The zero-order valence-electron chi connectivity index (χ0n) is 12.5.